The van der Waals surface area contributed by atoms with E-state index in [1.807, 2.05) is 48.5 Å². The summed E-state index contributed by atoms with van der Waals surface area (Å²) in [6, 6.07) is 0. The van der Waals surface area contributed by atoms with Crippen LogP contribution in [0.4, 0.5) is 0 Å². The van der Waals surface area contributed by atoms with E-state index in [1.165, 1.54) is 70.6 Å². The zero-order chi connectivity index (χ0) is 41.2. The minimum absolute atomic E-state index is 0.000510. The first-order valence-corrected chi connectivity index (χ1v) is 21.3. The number of carbonyl (C=O) groups excluding carboxylic acids is 1. The van der Waals surface area contributed by atoms with E-state index in [0.717, 1.165) is 43.9 Å². The number of aromatic nitrogens is 4. The second kappa shape index (κ2) is 23.5. The highest BCUT2D eigenvalue weighted by Gasteiger charge is 2.28. The van der Waals surface area contributed by atoms with Crippen LogP contribution in [0.2, 0.25) is 0 Å². The second-order valence-corrected chi connectivity index (χ2v) is 18.5. The van der Waals surface area contributed by atoms with Crippen molar-refractivity contribution in [3.8, 4) is 0 Å². The quantitative estimate of drug-likeness (QED) is 0.0724. The normalized spacial score (nSPS) is 17.2. The first kappa shape index (κ1) is 47.4. The predicted octanol–water partition coefficient (Wildman–Crippen LogP) is 7.74. The molecule has 0 spiro atoms. The third-order valence-electron chi connectivity index (χ3n) is 10.9. The monoisotopic (exact) mass is 791 g/mol. The van der Waals surface area contributed by atoms with Crippen molar-refractivity contribution in [1.82, 2.24) is 30.9 Å². The van der Waals surface area contributed by atoms with Crippen molar-refractivity contribution >= 4 is 11.9 Å². The van der Waals surface area contributed by atoms with Gasteiger partial charge in [0.1, 0.15) is 5.60 Å². The van der Waals surface area contributed by atoms with Gasteiger partial charge in [0.2, 0.25) is 11.8 Å². The number of ether oxygens (including phenoxy) is 1. The number of aliphatic hydroxyl groups excluding tert-OH is 2. The lowest BCUT2D eigenvalue weighted by Crippen LogP contribution is -2.42. The number of hydrogen-bond donors (Lipinski definition) is 5. The molecule has 56 heavy (non-hydrogen) atoms. The molecule has 0 radical (unpaired) electrons. The molecule has 2 aromatic heterocycles. The Morgan fingerprint density at radius 3 is 1.48 bits per heavy atom. The second-order valence-electron chi connectivity index (χ2n) is 18.5. The highest BCUT2D eigenvalue weighted by atomic mass is 16.6. The average Bonchev–Trinajstić information content (AvgIpc) is 3.83. The maximum atomic E-state index is 12.5. The molecule has 14 heteroatoms. The van der Waals surface area contributed by atoms with E-state index in [4.69, 9.17) is 13.8 Å². The fourth-order valence-electron chi connectivity index (χ4n) is 7.44. The summed E-state index contributed by atoms with van der Waals surface area (Å²) in [6.07, 6.45) is 19.6. The van der Waals surface area contributed by atoms with Crippen LogP contribution in [0.5, 0.6) is 0 Å². The van der Waals surface area contributed by atoms with Crippen LogP contribution in [-0.2, 0) is 27.4 Å². The number of aliphatic hydroxyl groups is 2. The van der Waals surface area contributed by atoms with Crippen LogP contribution in [0.25, 0.3) is 0 Å². The molecule has 2 aliphatic carbocycles. The number of esters is 1. The lowest BCUT2D eigenvalue weighted by Gasteiger charge is -2.23. The fourth-order valence-corrected chi connectivity index (χ4v) is 7.44. The van der Waals surface area contributed by atoms with Crippen molar-refractivity contribution in [2.75, 3.05) is 13.2 Å². The molecule has 2 atom stereocenters. The van der Waals surface area contributed by atoms with E-state index in [0.29, 0.717) is 36.5 Å². The summed E-state index contributed by atoms with van der Waals surface area (Å²) in [5.74, 6) is 2.10. The maximum absolute atomic E-state index is 12.5. The van der Waals surface area contributed by atoms with Gasteiger partial charge in [0.25, 0.3) is 0 Å². The molecular weight excluding hydrogens is 716 g/mol. The zero-order valence-electron chi connectivity index (χ0n) is 35.5. The molecule has 2 aromatic rings. The zero-order valence-corrected chi connectivity index (χ0v) is 35.5. The van der Waals surface area contributed by atoms with Crippen molar-refractivity contribution in [2.24, 2.45) is 11.8 Å². The molecule has 5 N–H and O–H groups in total. The number of carboxylic acid groups (broad SMARTS) is 1. The minimum Gasteiger partial charge on any atom is -0.481 e. The third-order valence-corrected chi connectivity index (χ3v) is 10.9. The smallest absolute Gasteiger partial charge is 0.307 e. The standard InChI is InChI=1S/C23H41N3O4.C19H33N3O4/c1-22(2,3)29-20(28)14-18(13-9-12-17-10-7-6-8-11-17)21-25-19(26-30-21)15-24-23(4,5)16-27;1-19(2,13-23)20-12-16-21-18(26-22-16)15(11-17(24)25)10-6-9-14-7-4-3-5-8-14/h17-18,24,27H,6-16H2,1-5H3;14-15,20,23H,3-13H2,1-2H3,(H,24,25)/t18-;15-/m11/s1. The van der Waals surface area contributed by atoms with E-state index >= 15 is 0 Å². The summed E-state index contributed by atoms with van der Waals surface area (Å²) >= 11 is 0. The van der Waals surface area contributed by atoms with Crippen molar-refractivity contribution < 1.29 is 38.7 Å². The van der Waals surface area contributed by atoms with Gasteiger partial charge in [-0.25, -0.2) is 0 Å². The van der Waals surface area contributed by atoms with Gasteiger partial charge in [-0.1, -0.05) is 100 Å². The molecule has 320 valence electrons. The van der Waals surface area contributed by atoms with Crippen LogP contribution in [0, 0.1) is 11.8 Å². The molecule has 4 rings (SSSR count). The van der Waals surface area contributed by atoms with Crippen molar-refractivity contribution in [3.05, 3.63) is 23.4 Å². The largest absolute Gasteiger partial charge is 0.481 e. The van der Waals surface area contributed by atoms with Crippen molar-refractivity contribution in [1.29, 1.82) is 0 Å². The first-order chi connectivity index (χ1) is 26.5. The molecule has 0 aliphatic heterocycles. The van der Waals surface area contributed by atoms with E-state index in [1.54, 1.807) is 0 Å². The summed E-state index contributed by atoms with van der Waals surface area (Å²) in [6.45, 7) is 14.0. The Balaban J connectivity index is 0.000000303. The Labute approximate surface area is 335 Å². The summed E-state index contributed by atoms with van der Waals surface area (Å²) in [5.41, 5.74) is -1.36. The predicted molar refractivity (Wildman–Crippen MR) is 214 cm³/mol. The fraction of sp³-hybridized carbons (Fsp3) is 0.857. The van der Waals surface area contributed by atoms with E-state index in [-0.39, 0.29) is 43.9 Å². The Hall–Kier alpha value is -2.94. The van der Waals surface area contributed by atoms with E-state index in [2.05, 4.69) is 30.9 Å². The molecule has 0 amide bonds. The van der Waals surface area contributed by atoms with Crippen LogP contribution >= 0.6 is 0 Å². The van der Waals surface area contributed by atoms with Gasteiger partial charge in [-0.05, 0) is 73.1 Å². The molecule has 14 nitrogen and oxygen atoms in total. The van der Waals surface area contributed by atoms with Crippen LogP contribution in [0.1, 0.15) is 199 Å². The van der Waals surface area contributed by atoms with Crippen molar-refractivity contribution in [2.45, 2.75) is 206 Å². The summed E-state index contributed by atoms with van der Waals surface area (Å²) in [4.78, 5) is 32.6. The van der Waals surface area contributed by atoms with Gasteiger partial charge in [-0.2, -0.15) is 9.97 Å². The number of nitrogens with one attached hydrogen (secondary N) is 2. The van der Waals surface area contributed by atoms with Crippen molar-refractivity contribution in [3.63, 3.8) is 0 Å². The summed E-state index contributed by atoms with van der Waals surface area (Å²) in [7, 11) is 0. The minimum atomic E-state index is -0.841. The maximum Gasteiger partial charge on any atom is 0.307 e. The molecule has 0 unspecified atom stereocenters. The topological polar surface area (TPSA) is 206 Å². The Kier molecular flexibility index (Phi) is 19.9. The Morgan fingerprint density at radius 2 is 1.11 bits per heavy atom. The van der Waals surface area contributed by atoms with E-state index < -0.39 is 22.6 Å². The van der Waals surface area contributed by atoms with Gasteiger partial charge >= 0.3 is 11.9 Å². The third kappa shape index (κ3) is 19.0. The number of nitrogens with zero attached hydrogens (tertiary/aromatic N) is 4. The lowest BCUT2D eigenvalue weighted by atomic mass is 9.84. The highest BCUT2D eigenvalue weighted by molar-refractivity contribution is 5.70. The number of carboxylic acids is 1. The number of aliphatic carboxylic acids is 1. The van der Waals surface area contributed by atoms with Gasteiger partial charge in [0, 0.05) is 22.9 Å². The molecule has 0 saturated heterocycles. The van der Waals surface area contributed by atoms with E-state index in [9.17, 15) is 24.9 Å². The molecule has 2 aliphatic rings. The molecule has 2 saturated carbocycles. The van der Waals surface area contributed by atoms with Crippen LogP contribution < -0.4 is 10.6 Å². The van der Waals surface area contributed by atoms with Crippen LogP contribution in [-0.4, -0.2) is 77.4 Å². The first-order valence-electron chi connectivity index (χ1n) is 21.3. The van der Waals surface area contributed by atoms with Gasteiger partial charge < -0.3 is 39.7 Å². The number of carbonyl (C=O) groups is 2. The molecule has 0 bridgehead atoms. The average molecular weight is 791 g/mol. The number of rotatable bonds is 22. The highest BCUT2D eigenvalue weighted by Crippen LogP contribution is 2.33. The summed E-state index contributed by atoms with van der Waals surface area (Å²) in [5, 5.41) is 42.3. The SMILES string of the molecule is CC(C)(CO)NCc1noc([C@H](CCCC2CCCCC2)CC(=O)O)n1.CC(C)(CO)NCc1noc([C@H](CCCC2CCCCC2)CC(=O)OC(C)(C)C)n1. The van der Waals surface area contributed by atoms with Crippen LogP contribution in [0.3, 0.4) is 0 Å². The van der Waals surface area contributed by atoms with Gasteiger partial charge in [-0.15, -0.1) is 0 Å². The Bertz CT molecular complexity index is 1410. The van der Waals surface area contributed by atoms with Gasteiger partial charge in [0.05, 0.1) is 39.1 Å². The Morgan fingerprint density at radius 1 is 0.696 bits per heavy atom. The number of hydrogen-bond acceptors (Lipinski definition) is 13. The molecule has 2 fully saturated rings. The summed E-state index contributed by atoms with van der Waals surface area (Å²) < 4.78 is 16.4. The molecule has 0 aromatic carbocycles. The molecular formula is C42H74N6O8. The van der Waals surface area contributed by atoms with Crippen LogP contribution in [0.15, 0.2) is 9.05 Å². The molecule has 2 heterocycles. The van der Waals surface area contributed by atoms with Gasteiger partial charge in [0.15, 0.2) is 11.6 Å². The van der Waals surface area contributed by atoms with Gasteiger partial charge in [-0.3, -0.25) is 9.59 Å². The lowest BCUT2D eigenvalue weighted by molar-refractivity contribution is -0.155.